The maximum absolute atomic E-state index is 6.88. The minimum Gasteiger partial charge on any atom is -0.454 e. The van der Waals surface area contributed by atoms with Crippen molar-refractivity contribution in [1.29, 1.82) is 0 Å². The standard InChI is InChI=1S/C46H28N2OS/c1-2-14-30(15-3-1)47-37-20-9-6-17-33(37)34-26-25-31(28-39(34)47)48(38-21-12-24-43-45(38)36-19-8-11-23-42(36)50-43)40-27-29-13-4-5-16-32(29)44-35-18-7-10-22-41(35)49-46(40)44/h1-28H. The third-order valence-corrected chi connectivity index (χ3v) is 11.3. The van der Waals surface area contributed by atoms with Crippen LogP contribution in [0.1, 0.15) is 0 Å². The maximum atomic E-state index is 6.88. The van der Waals surface area contributed by atoms with Gasteiger partial charge in [-0.1, -0.05) is 109 Å². The molecule has 50 heavy (non-hydrogen) atoms. The average molecular weight is 657 g/mol. The van der Waals surface area contributed by atoms with E-state index in [-0.39, 0.29) is 0 Å². The summed E-state index contributed by atoms with van der Waals surface area (Å²) in [5.74, 6) is 0. The molecule has 3 heterocycles. The van der Waals surface area contributed by atoms with Gasteiger partial charge in [0.25, 0.3) is 0 Å². The van der Waals surface area contributed by atoms with Gasteiger partial charge in [0.2, 0.25) is 0 Å². The summed E-state index contributed by atoms with van der Waals surface area (Å²) < 4.78 is 11.8. The lowest BCUT2D eigenvalue weighted by Gasteiger charge is -2.27. The van der Waals surface area contributed by atoms with Crippen molar-refractivity contribution in [2.75, 3.05) is 4.90 Å². The van der Waals surface area contributed by atoms with Crippen LogP contribution < -0.4 is 4.90 Å². The van der Waals surface area contributed by atoms with E-state index < -0.39 is 0 Å². The summed E-state index contributed by atoms with van der Waals surface area (Å²) in [6.45, 7) is 0. The molecular weight excluding hydrogens is 629 g/mol. The number of benzene rings is 8. The first kappa shape index (κ1) is 27.6. The zero-order valence-corrected chi connectivity index (χ0v) is 27.7. The monoisotopic (exact) mass is 656 g/mol. The van der Waals surface area contributed by atoms with E-state index >= 15 is 0 Å². The molecule has 0 aliphatic rings. The van der Waals surface area contributed by atoms with Crippen molar-refractivity contribution in [2.24, 2.45) is 0 Å². The minimum absolute atomic E-state index is 0.880. The molecule has 0 fully saturated rings. The Morgan fingerprint density at radius 1 is 0.460 bits per heavy atom. The lowest BCUT2D eigenvalue weighted by Crippen LogP contribution is -2.11. The lowest BCUT2D eigenvalue weighted by atomic mass is 10.0. The van der Waals surface area contributed by atoms with E-state index in [1.165, 1.54) is 47.2 Å². The fourth-order valence-electron chi connectivity index (χ4n) is 8.03. The Kier molecular flexibility index (Phi) is 5.83. The van der Waals surface area contributed by atoms with Gasteiger partial charge in [-0.05, 0) is 71.4 Å². The van der Waals surface area contributed by atoms with Crippen LogP contribution >= 0.6 is 11.3 Å². The molecule has 0 spiro atoms. The number of para-hydroxylation sites is 3. The number of hydrogen-bond donors (Lipinski definition) is 0. The Morgan fingerprint density at radius 3 is 2.06 bits per heavy atom. The van der Waals surface area contributed by atoms with Gasteiger partial charge in [0.1, 0.15) is 5.58 Å². The second kappa shape index (κ2) is 10.6. The van der Waals surface area contributed by atoms with Gasteiger partial charge >= 0.3 is 0 Å². The second-order valence-corrected chi connectivity index (χ2v) is 14.0. The first-order valence-corrected chi connectivity index (χ1v) is 17.8. The van der Waals surface area contributed by atoms with E-state index in [0.717, 1.165) is 50.2 Å². The Morgan fingerprint density at radius 2 is 1.16 bits per heavy atom. The van der Waals surface area contributed by atoms with Gasteiger partial charge in [-0.25, -0.2) is 0 Å². The van der Waals surface area contributed by atoms with Gasteiger partial charge < -0.3 is 13.9 Å². The van der Waals surface area contributed by atoms with Crippen LogP contribution in [0.4, 0.5) is 17.1 Å². The first-order chi connectivity index (χ1) is 24.8. The van der Waals surface area contributed by atoms with Crippen LogP contribution in [0.3, 0.4) is 0 Å². The van der Waals surface area contributed by atoms with Crippen LogP contribution in [0.5, 0.6) is 0 Å². The summed E-state index contributed by atoms with van der Waals surface area (Å²) in [7, 11) is 0. The molecule has 234 valence electrons. The molecule has 11 rings (SSSR count). The summed E-state index contributed by atoms with van der Waals surface area (Å²) in [4.78, 5) is 2.44. The van der Waals surface area contributed by atoms with Gasteiger partial charge in [-0.2, -0.15) is 0 Å². The molecule has 0 atom stereocenters. The van der Waals surface area contributed by atoms with Gasteiger partial charge in [0.15, 0.2) is 5.58 Å². The largest absolute Gasteiger partial charge is 0.454 e. The van der Waals surface area contributed by atoms with Gasteiger partial charge in [-0.3, -0.25) is 0 Å². The fourth-order valence-corrected chi connectivity index (χ4v) is 9.15. The Labute approximate surface area is 291 Å². The summed E-state index contributed by atoms with van der Waals surface area (Å²) in [6.07, 6.45) is 0. The van der Waals surface area contributed by atoms with Crippen molar-refractivity contribution in [2.45, 2.75) is 0 Å². The highest BCUT2D eigenvalue weighted by molar-refractivity contribution is 7.26. The third-order valence-electron chi connectivity index (χ3n) is 10.1. The van der Waals surface area contributed by atoms with Gasteiger partial charge in [-0.15, -0.1) is 11.3 Å². The topological polar surface area (TPSA) is 21.3 Å². The molecule has 0 unspecified atom stereocenters. The normalized spacial score (nSPS) is 12.0. The summed E-state index contributed by atoms with van der Waals surface area (Å²) in [5.41, 5.74) is 8.45. The molecule has 4 heteroatoms. The van der Waals surface area contributed by atoms with Gasteiger partial charge in [0, 0.05) is 53.1 Å². The van der Waals surface area contributed by atoms with Crippen molar-refractivity contribution in [3.05, 3.63) is 170 Å². The zero-order valence-electron chi connectivity index (χ0n) is 26.9. The molecule has 0 aliphatic carbocycles. The number of rotatable bonds is 4. The maximum Gasteiger partial charge on any atom is 0.160 e. The van der Waals surface area contributed by atoms with Crippen molar-refractivity contribution < 1.29 is 4.42 Å². The molecule has 3 nitrogen and oxygen atoms in total. The SMILES string of the molecule is c1ccc(-n2c3ccccc3c3ccc(N(c4cc5ccccc5c5c4oc4ccccc45)c4cccc5sc6ccccc6c45)cc32)cc1. The van der Waals surface area contributed by atoms with E-state index in [1.54, 1.807) is 0 Å². The lowest BCUT2D eigenvalue weighted by molar-refractivity contribution is 0.669. The van der Waals surface area contributed by atoms with Crippen LogP contribution in [0.2, 0.25) is 0 Å². The molecule has 0 bridgehead atoms. The highest BCUT2D eigenvalue weighted by Crippen LogP contribution is 2.50. The quantitative estimate of drug-likeness (QED) is 0.188. The molecule has 0 amide bonds. The predicted octanol–water partition coefficient (Wildman–Crippen LogP) is 13.7. The van der Waals surface area contributed by atoms with E-state index in [1.807, 2.05) is 11.3 Å². The Hall–Kier alpha value is -6.36. The number of hydrogen-bond acceptors (Lipinski definition) is 3. The average Bonchev–Trinajstić information content (AvgIpc) is 3.85. The van der Waals surface area contributed by atoms with E-state index in [4.69, 9.17) is 4.42 Å². The molecule has 11 aromatic rings. The summed E-state index contributed by atoms with van der Waals surface area (Å²) in [5, 5.41) is 9.59. The molecule has 3 aromatic heterocycles. The van der Waals surface area contributed by atoms with Crippen molar-refractivity contribution in [3.63, 3.8) is 0 Å². The minimum atomic E-state index is 0.880. The highest BCUT2D eigenvalue weighted by atomic mass is 32.1. The summed E-state index contributed by atoms with van der Waals surface area (Å²) in [6, 6.07) is 61.2. The van der Waals surface area contributed by atoms with Crippen LogP contribution in [0.25, 0.3) is 80.4 Å². The van der Waals surface area contributed by atoms with Crippen LogP contribution in [0, 0.1) is 0 Å². The number of furan rings is 1. The van der Waals surface area contributed by atoms with Crippen LogP contribution in [0.15, 0.2) is 174 Å². The van der Waals surface area contributed by atoms with Crippen molar-refractivity contribution in [3.8, 4) is 5.69 Å². The smallest absolute Gasteiger partial charge is 0.160 e. The van der Waals surface area contributed by atoms with Crippen molar-refractivity contribution >= 4 is 103 Å². The summed E-state index contributed by atoms with van der Waals surface area (Å²) >= 11 is 1.84. The molecule has 0 radical (unpaired) electrons. The molecule has 0 saturated heterocycles. The Bertz CT molecular complexity index is 3110. The first-order valence-electron chi connectivity index (χ1n) is 16.9. The zero-order chi connectivity index (χ0) is 32.8. The number of aromatic nitrogens is 1. The van der Waals surface area contributed by atoms with Crippen LogP contribution in [-0.2, 0) is 0 Å². The van der Waals surface area contributed by atoms with E-state index in [2.05, 4.69) is 179 Å². The number of nitrogens with zero attached hydrogens (tertiary/aromatic N) is 2. The second-order valence-electron chi connectivity index (χ2n) is 12.9. The van der Waals surface area contributed by atoms with Gasteiger partial charge in [0.05, 0.1) is 22.4 Å². The Balaban J connectivity index is 1.30. The molecule has 0 saturated carbocycles. The highest BCUT2D eigenvalue weighted by Gasteiger charge is 2.25. The number of fused-ring (bicyclic) bond motifs is 11. The molecule has 8 aromatic carbocycles. The van der Waals surface area contributed by atoms with Crippen LogP contribution in [-0.4, -0.2) is 4.57 Å². The fraction of sp³-hybridized carbons (Fsp3) is 0. The van der Waals surface area contributed by atoms with E-state index in [9.17, 15) is 0 Å². The molecular formula is C46H28N2OS. The number of anilines is 3. The molecule has 0 N–H and O–H groups in total. The predicted molar refractivity (Wildman–Crippen MR) is 213 cm³/mol. The van der Waals surface area contributed by atoms with Crippen molar-refractivity contribution in [1.82, 2.24) is 4.57 Å². The third kappa shape index (κ3) is 3.91. The van der Waals surface area contributed by atoms with E-state index in [0.29, 0.717) is 0 Å². The molecule has 0 aliphatic heterocycles. The number of thiophene rings is 1.